The molecule has 0 saturated carbocycles. The molecule has 24 heavy (non-hydrogen) atoms. The van der Waals surface area contributed by atoms with Crippen molar-refractivity contribution in [2.24, 2.45) is 0 Å². The molecule has 0 saturated heterocycles. The second-order valence-corrected chi connectivity index (χ2v) is 6.13. The van der Waals surface area contributed by atoms with Crippen LogP contribution in [0.4, 0.5) is 0 Å². The van der Waals surface area contributed by atoms with Crippen LogP contribution in [0.1, 0.15) is 49.7 Å². The van der Waals surface area contributed by atoms with E-state index in [2.05, 4.69) is 31.2 Å². The molecule has 1 N–H and O–H groups in total. The minimum atomic E-state index is -0.786. The summed E-state index contributed by atoms with van der Waals surface area (Å²) < 4.78 is 0. The summed E-state index contributed by atoms with van der Waals surface area (Å²) in [5.74, 6) is -0.402. The molecule has 2 heteroatoms. The number of hydrogen-bond acceptors (Lipinski definition) is 1. The summed E-state index contributed by atoms with van der Waals surface area (Å²) in [6, 6.07) is 20.6. The third kappa shape index (κ3) is 5.69. The zero-order valence-corrected chi connectivity index (χ0v) is 14.3. The predicted octanol–water partition coefficient (Wildman–Crippen LogP) is 5.60. The van der Waals surface area contributed by atoms with Gasteiger partial charge in [0.05, 0.1) is 0 Å². The van der Waals surface area contributed by atoms with Crippen LogP contribution in [0.3, 0.4) is 0 Å². The molecular formula is C22H26O2. The Balaban J connectivity index is 1.93. The second kappa shape index (κ2) is 9.71. The Morgan fingerprint density at radius 3 is 2.25 bits per heavy atom. The summed E-state index contributed by atoms with van der Waals surface area (Å²) in [5, 5.41) is 9.46. The Morgan fingerprint density at radius 2 is 1.67 bits per heavy atom. The van der Waals surface area contributed by atoms with Gasteiger partial charge in [-0.2, -0.15) is 0 Å². The van der Waals surface area contributed by atoms with E-state index in [4.69, 9.17) is 0 Å². The third-order valence-electron chi connectivity index (χ3n) is 4.44. The van der Waals surface area contributed by atoms with Crippen LogP contribution in [0.15, 0.2) is 72.3 Å². The van der Waals surface area contributed by atoms with Gasteiger partial charge in [-0.25, -0.2) is 4.79 Å². The number of allylic oxidation sites excluding steroid dienone is 1. The average molecular weight is 322 g/mol. The smallest absolute Gasteiger partial charge is 0.331 e. The van der Waals surface area contributed by atoms with Gasteiger partial charge in [0.15, 0.2) is 0 Å². The summed E-state index contributed by atoms with van der Waals surface area (Å²) in [7, 11) is 0. The molecule has 0 fully saturated rings. The molecule has 0 aliphatic heterocycles. The van der Waals surface area contributed by atoms with E-state index in [0.29, 0.717) is 17.9 Å². The third-order valence-corrected chi connectivity index (χ3v) is 4.44. The Labute approximate surface area is 144 Å². The van der Waals surface area contributed by atoms with Crippen LogP contribution >= 0.6 is 0 Å². The fourth-order valence-electron chi connectivity index (χ4n) is 2.97. The van der Waals surface area contributed by atoms with E-state index < -0.39 is 5.97 Å². The lowest BCUT2D eigenvalue weighted by molar-refractivity contribution is -0.132. The quantitative estimate of drug-likeness (QED) is 0.610. The van der Waals surface area contributed by atoms with Gasteiger partial charge in [0.25, 0.3) is 0 Å². The molecule has 0 aliphatic carbocycles. The van der Waals surface area contributed by atoms with Crippen molar-refractivity contribution in [3.63, 3.8) is 0 Å². The Morgan fingerprint density at radius 1 is 1.04 bits per heavy atom. The maximum absolute atomic E-state index is 11.5. The van der Waals surface area contributed by atoms with E-state index in [9.17, 15) is 9.90 Å². The molecule has 0 spiro atoms. The Bertz CT molecular complexity index is 644. The standard InChI is InChI=1S/C22H26O2/c1-2-19(20-13-7-4-8-14-20)16-17-21(22(23)24)15-9-12-18-10-5-3-6-11-18/h3-8,10-11,13-14,17,19H,2,9,12,15-16H2,1H3,(H,23,24). The molecule has 0 heterocycles. The van der Waals surface area contributed by atoms with Crippen molar-refractivity contribution in [1.29, 1.82) is 0 Å². The van der Waals surface area contributed by atoms with Crippen molar-refractivity contribution in [3.8, 4) is 0 Å². The minimum absolute atomic E-state index is 0.384. The lowest BCUT2D eigenvalue weighted by atomic mass is 9.91. The normalized spacial score (nSPS) is 12.8. The number of carboxylic acids is 1. The number of aliphatic carboxylic acids is 1. The maximum Gasteiger partial charge on any atom is 0.331 e. The summed E-state index contributed by atoms with van der Waals surface area (Å²) in [6.45, 7) is 2.15. The van der Waals surface area contributed by atoms with Crippen molar-refractivity contribution in [1.82, 2.24) is 0 Å². The molecule has 0 bridgehead atoms. The van der Waals surface area contributed by atoms with Crippen molar-refractivity contribution < 1.29 is 9.90 Å². The lowest BCUT2D eigenvalue weighted by Gasteiger charge is -2.13. The first-order chi connectivity index (χ1) is 11.7. The van der Waals surface area contributed by atoms with Gasteiger partial charge < -0.3 is 5.11 Å². The highest BCUT2D eigenvalue weighted by Gasteiger charge is 2.11. The molecule has 2 aromatic rings. The van der Waals surface area contributed by atoms with Crippen LogP contribution in [0, 0.1) is 0 Å². The minimum Gasteiger partial charge on any atom is -0.478 e. The number of aryl methyl sites for hydroxylation is 1. The molecule has 2 aromatic carbocycles. The average Bonchev–Trinajstić information content (AvgIpc) is 2.62. The van der Waals surface area contributed by atoms with Crippen LogP contribution in [-0.4, -0.2) is 11.1 Å². The number of carboxylic acid groups (broad SMARTS) is 1. The first-order valence-corrected chi connectivity index (χ1v) is 8.72. The monoisotopic (exact) mass is 322 g/mol. The van der Waals surface area contributed by atoms with Gasteiger partial charge in [0.2, 0.25) is 0 Å². The van der Waals surface area contributed by atoms with Gasteiger partial charge in [-0.3, -0.25) is 0 Å². The topological polar surface area (TPSA) is 37.3 Å². The maximum atomic E-state index is 11.5. The number of carbonyl (C=O) groups is 1. The van der Waals surface area contributed by atoms with Crippen LogP contribution in [-0.2, 0) is 11.2 Å². The largest absolute Gasteiger partial charge is 0.478 e. The van der Waals surface area contributed by atoms with Gasteiger partial charge in [0, 0.05) is 5.57 Å². The van der Waals surface area contributed by atoms with Gasteiger partial charge >= 0.3 is 5.97 Å². The summed E-state index contributed by atoms with van der Waals surface area (Å²) in [4.78, 5) is 11.5. The van der Waals surface area contributed by atoms with Crippen molar-refractivity contribution in [2.45, 2.75) is 44.9 Å². The molecule has 0 aromatic heterocycles. The molecule has 0 radical (unpaired) electrons. The number of rotatable bonds is 9. The molecule has 1 atom stereocenters. The van der Waals surface area contributed by atoms with E-state index in [1.165, 1.54) is 11.1 Å². The second-order valence-electron chi connectivity index (χ2n) is 6.13. The Kier molecular flexibility index (Phi) is 7.28. The zero-order chi connectivity index (χ0) is 17.2. The molecule has 2 nitrogen and oxygen atoms in total. The van der Waals surface area contributed by atoms with Gasteiger partial charge in [0.1, 0.15) is 0 Å². The molecule has 0 amide bonds. The zero-order valence-electron chi connectivity index (χ0n) is 14.3. The van der Waals surface area contributed by atoms with Gasteiger partial charge in [-0.1, -0.05) is 73.7 Å². The van der Waals surface area contributed by atoms with Gasteiger partial charge in [-0.15, -0.1) is 0 Å². The summed E-state index contributed by atoms with van der Waals surface area (Å²) in [5.41, 5.74) is 3.09. The highest BCUT2D eigenvalue weighted by atomic mass is 16.4. The molecule has 126 valence electrons. The van der Waals surface area contributed by atoms with E-state index in [1.807, 2.05) is 42.5 Å². The number of benzene rings is 2. The summed E-state index contributed by atoms with van der Waals surface area (Å²) in [6.07, 6.45) is 6.13. The van der Waals surface area contributed by atoms with E-state index >= 15 is 0 Å². The highest BCUT2D eigenvalue weighted by Crippen LogP contribution is 2.24. The van der Waals surface area contributed by atoms with E-state index in [-0.39, 0.29) is 0 Å². The SMILES string of the molecule is CCC(CC=C(CCCc1ccccc1)C(=O)O)c1ccccc1. The number of hydrogen-bond donors (Lipinski definition) is 1. The van der Waals surface area contributed by atoms with Crippen molar-refractivity contribution in [3.05, 3.63) is 83.4 Å². The fraction of sp³-hybridized carbons (Fsp3) is 0.318. The predicted molar refractivity (Wildman–Crippen MR) is 99.2 cm³/mol. The summed E-state index contributed by atoms with van der Waals surface area (Å²) >= 11 is 0. The van der Waals surface area contributed by atoms with Crippen LogP contribution in [0.5, 0.6) is 0 Å². The van der Waals surface area contributed by atoms with E-state index in [0.717, 1.165) is 25.7 Å². The van der Waals surface area contributed by atoms with Crippen LogP contribution in [0.25, 0.3) is 0 Å². The van der Waals surface area contributed by atoms with E-state index in [1.54, 1.807) is 0 Å². The van der Waals surface area contributed by atoms with Crippen LogP contribution < -0.4 is 0 Å². The van der Waals surface area contributed by atoms with Gasteiger partial charge in [-0.05, 0) is 49.1 Å². The first-order valence-electron chi connectivity index (χ1n) is 8.72. The van der Waals surface area contributed by atoms with Crippen LogP contribution in [0.2, 0.25) is 0 Å². The lowest BCUT2D eigenvalue weighted by Crippen LogP contribution is -2.03. The highest BCUT2D eigenvalue weighted by molar-refractivity contribution is 5.86. The Hall–Kier alpha value is -2.35. The molecule has 1 unspecified atom stereocenters. The molecular weight excluding hydrogens is 296 g/mol. The first kappa shape index (κ1) is 18.0. The molecule has 2 rings (SSSR count). The van der Waals surface area contributed by atoms with Crippen molar-refractivity contribution >= 4 is 5.97 Å². The van der Waals surface area contributed by atoms with Crippen molar-refractivity contribution in [2.75, 3.05) is 0 Å². The fourth-order valence-corrected chi connectivity index (χ4v) is 2.97. The molecule has 0 aliphatic rings.